The lowest BCUT2D eigenvalue weighted by Gasteiger charge is -2.28. The number of esters is 2. The number of aliphatic carboxylic acids is 1. The second-order valence-electron chi connectivity index (χ2n) is 11.0. The Morgan fingerprint density at radius 3 is 1.77 bits per heavy atom. The van der Waals surface area contributed by atoms with Gasteiger partial charge in [0, 0.05) is 12.8 Å². The Kier molecular flexibility index (Phi) is 12.9. The van der Waals surface area contributed by atoms with Gasteiger partial charge in [-0.2, -0.15) is 0 Å². The fourth-order valence-electron chi connectivity index (χ4n) is 3.37. The van der Waals surface area contributed by atoms with Crippen LogP contribution in [-0.2, 0) is 30.3 Å². The zero-order valence-corrected chi connectivity index (χ0v) is 24.6. The van der Waals surface area contributed by atoms with Gasteiger partial charge in [0.15, 0.2) is 11.5 Å². The molecular weight excluding hydrogens is 506 g/mol. The van der Waals surface area contributed by atoms with Crippen molar-refractivity contribution in [1.82, 2.24) is 0 Å². The van der Waals surface area contributed by atoms with Gasteiger partial charge in [0.05, 0.1) is 11.8 Å². The SMILES string of the molecule is CCC(C)OC(=O)O[C@@H](C)CC(N)(Cc1ccc(OC(=O)C(C)C(C)C)c(OC(=O)C(C)C(C)C)c1)C(=O)O. The first-order valence-electron chi connectivity index (χ1n) is 13.5. The molecule has 3 N–H and O–H groups in total. The molecule has 0 fully saturated rings. The van der Waals surface area contributed by atoms with Crippen LogP contribution < -0.4 is 15.2 Å². The summed E-state index contributed by atoms with van der Waals surface area (Å²) in [5.41, 5.74) is 4.88. The molecule has 4 unspecified atom stereocenters. The number of benzene rings is 1. The van der Waals surface area contributed by atoms with Crippen molar-refractivity contribution in [2.24, 2.45) is 29.4 Å². The van der Waals surface area contributed by atoms with Crippen molar-refractivity contribution in [1.29, 1.82) is 0 Å². The van der Waals surface area contributed by atoms with Gasteiger partial charge in [0.1, 0.15) is 17.7 Å². The summed E-state index contributed by atoms with van der Waals surface area (Å²) < 4.78 is 21.5. The quantitative estimate of drug-likeness (QED) is 0.235. The van der Waals surface area contributed by atoms with E-state index < -0.39 is 47.5 Å². The molecule has 1 aromatic carbocycles. The second kappa shape index (κ2) is 14.9. The van der Waals surface area contributed by atoms with Crippen molar-refractivity contribution >= 4 is 24.1 Å². The highest BCUT2D eigenvalue weighted by Gasteiger charge is 2.37. The molecule has 0 bridgehead atoms. The monoisotopic (exact) mass is 551 g/mol. The van der Waals surface area contributed by atoms with Gasteiger partial charge in [-0.15, -0.1) is 0 Å². The Hall–Kier alpha value is -3.14. The maximum atomic E-state index is 12.7. The Bertz CT molecular complexity index is 1010. The van der Waals surface area contributed by atoms with Gasteiger partial charge >= 0.3 is 24.1 Å². The molecule has 1 rings (SSSR count). The summed E-state index contributed by atoms with van der Waals surface area (Å²) in [7, 11) is 0. The maximum absolute atomic E-state index is 12.7. The van der Waals surface area contributed by atoms with Crippen molar-refractivity contribution in [3.05, 3.63) is 23.8 Å². The summed E-state index contributed by atoms with van der Waals surface area (Å²) in [4.78, 5) is 49.5. The molecule has 0 radical (unpaired) electrons. The van der Waals surface area contributed by atoms with Crippen molar-refractivity contribution in [2.45, 2.75) is 99.3 Å². The van der Waals surface area contributed by atoms with Crippen LogP contribution in [0.15, 0.2) is 18.2 Å². The highest BCUT2D eigenvalue weighted by atomic mass is 16.7. The molecular formula is C29H45NO9. The number of nitrogens with two attached hydrogens (primary N) is 1. The van der Waals surface area contributed by atoms with Crippen LogP contribution in [0.2, 0.25) is 0 Å². The lowest BCUT2D eigenvalue weighted by atomic mass is 9.86. The molecule has 10 nitrogen and oxygen atoms in total. The first-order valence-corrected chi connectivity index (χ1v) is 13.5. The number of hydrogen-bond acceptors (Lipinski definition) is 9. The van der Waals surface area contributed by atoms with Gasteiger partial charge < -0.3 is 29.8 Å². The molecule has 1 aromatic rings. The summed E-state index contributed by atoms with van der Waals surface area (Å²) in [6, 6.07) is 4.45. The van der Waals surface area contributed by atoms with E-state index >= 15 is 0 Å². The van der Waals surface area contributed by atoms with Gasteiger partial charge in [-0.1, -0.05) is 54.5 Å². The highest BCUT2D eigenvalue weighted by Crippen LogP contribution is 2.33. The van der Waals surface area contributed by atoms with Gasteiger partial charge in [0.2, 0.25) is 0 Å². The van der Waals surface area contributed by atoms with Crippen molar-refractivity contribution in [3.63, 3.8) is 0 Å². The van der Waals surface area contributed by atoms with Crippen LogP contribution in [0.5, 0.6) is 11.5 Å². The largest absolute Gasteiger partial charge is 0.508 e. The van der Waals surface area contributed by atoms with Crippen LogP contribution >= 0.6 is 0 Å². The first kappa shape index (κ1) is 33.9. The van der Waals surface area contributed by atoms with Crippen molar-refractivity contribution in [3.8, 4) is 11.5 Å². The van der Waals surface area contributed by atoms with Gasteiger partial charge in [-0.25, -0.2) is 4.79 Å². The van der Waals surface area contributed by atoms with Crippen LogP contribution in [-0.4, -0.2) is 46.9 Å². The van der Waals surface area contributed by atoms with Gasteiger partial charge in [-0.3, -0.25) is 14.4 Å². The Morgan fingerprint density at radius 1 is 0.821 bits per heavy atom. The molecule has 0 amide bonds. The summed E-state index contributed by atoms with van der Waals surface area (Å²) >= 11 is 0. The normalized spacial score (nSPS) is 16.0. The molecule has 220 valence electrons. The molecule has 0 spiro atoms. The third-order valence-corrected chi connectivity index (χ3v) is 6.94. The Labute approximate surface area is 231 Å². The topological polar surface area (TPSA) is 151 Å². The van der Waals surface area contributed by atoms with Crippen LogP contribution in [0.4, 0.5) is 4.79 Å². The van der Waals surface area contributed by atoms with Crippen LogP contribution in [0.25, 0.3) is 0 Å². The average Bonchev–Trinajstić information content (AvgIpc) is 2.83. The maximum Gasteiger partial charge on any atom is 0.508 e. The standard InChI is InChI=1S/C29H45NO9/c1-10-18(6)36-28(35)37-19(7)14-29(30,27(33)34)15-22-11-12-23(38-25(31)20(8)16(2)3)24(13-22)39-26(32)21(9)17(4)5/h11-13,16-21H,10,14-15,30H2,1-9H3,(H,33,34)/t18?,19-,20?,21?,29?/m0/s1. The average molecular weight is 552 g/mol. The van der Waals surface area contributed by atoms with Crippen molar-refractivity contribution in [2.75, 3.05) is 0 Å². The molecule has 0 heterocycles. The highest BCUT2D eigenvalue weighted by molar-refractivity contribution is 5.80. The van der Waals surface area contributed by atoms with Crippen LogP contribution in [0.1, 0.15) is 80.7 Å². The Balaban J connectivity index is 3.26. The van der Waals surface area contributed by atoms with Gasteiger partial charge in [-0.05, 0) is 49.8 Å². The van der Waals surface area contributed by atoms with E-state index in [0.717, 1.165) is 0 Å². The van der Waals surface area contributed by atoms with Crippen molar-refractivity contribution < 1.29 is 43.2 Å². The van der Waals surface area contributed by atoms with Crippen LogP contribution in [0, 0.1) is 23.7 Å². The predicted molar refractivity (Wildman–Crippen MR) is 145 cm³/mol. The predicted octanol–water partition coefficient (Wildman–Crippen LogP) is 5.14. The molecule has 0 aromatic heterocycles. The van der Waals surface area contributed by atoms with E-state index in [9.17, 15) is 24.3 Å². The number of rotatable bonds is 14. The number of carbonyl (C=O) groups is 4. The molecule has 0 aliphatic carbocycles. The molecule has 10 heteroatoms. The second-order valence-corrected chi connectivity index (χ2v) is 11.0. The number of hydrogen-bond donors (Lipinski definition) is 2. The molecule has 0 aliphatic rings. The van der Waals surface area contributed by atoms with E-state index in [1.165, 1.54) is 19.1 Å². The number of carboxylic acid groups (broad SMARTS) is 1. The fourth-order valence-corrected chi connectivity index (χ4v) is 3.37. The third kappa shape index (κ3) is 10.5. The minimum Gasteiger partial charge on any atom is -0.480 e. The molecule has 5 atom stereocenters. The Morgan fingerprint density at radius 2 is 1.31 bits per heavy atom. The summed E-state index contributed by atoms with van der Waals surface area (Å²) in [5, 5.41) is 9.94. The summed E-state index contributed by atoms with van der Waals surface area (Å²) in [6.07, 6.45) is -1.89. The van der Waals surface area contributed by atoms with E-state index in [1.807, 2.05) is 34.6 Å². The zero-order chi connectivity index (χ0) is 30.1. The summed E-state index contributed by atoms with van der Waals surface area (Å²) in [6.45, 7) is 16.1. The van der Waals surface area contributed by atoms with E-state index in [4.69, 9.17) is 24.7 Å². The van der Waals surface area contributed by atoms with E-state index in [0.29, 0.717) is 12.0 Å². The molecule has 0 aliphatic heterocycles. The molecule has 0 saturated heterocycles. The number of carbonyl (C=O) groups excluding carboxylic acids is 3. The lowest BCUT2D eigenvalue weighted by molar-refractivity contribution is -0.145. The van der Waals surface area contributed by atoms with Gasteiger partial charge in [0.25, 0.3) is 0 Å². The van der Waals surface area contributed by atoms with E-state index in [1.54, 1.807) is 26.8 Å². The molecule has 39 heavy (non-hydrogen) atoms. The molecule has 0 saturated carbocycles. The summed E-state index contributed by atoms with van der Waals surface area (Å²) in [5.74, 6) is -3.08. The minimum atomic E-state index is -1.83. The fraction of sp³-hybridized carbons (Fsp3) is 0.655. The zero-order valence-electron chi connectivity index (χ0n) is 24.6. The van der Waals surface area contributed by atoms with E-state index in [-0.39, 0.29) is 42.3 Å². The smallest absolute Gasteiger partial charge is 0.480 e. The minimum absolute atomic E-state index is 0.00448. The number of carboxylic acids is 1. The third-order valence-electron chi connectivity index (χ3n) is 6.94. The number of ether oxygens (including phenoxy) is 4. The van der Waals surface area contributed by atoms with E-state index in [2.05, 4.69) is 0 Å². The van der Waals surface area contributed by atoms with Crippen LogP contribution in [0.3, 0.4) is 0 Å². The lowest BCUT2D eigenvalue weighted by Crippen LogP contribution is -2.52. The first-order chi connectivity index (χ1) is 18.0.